The number of nitrogens with zero attached hydrogens (tertiary/aromatic N) is 1. The lowest BCUT2D eigenvalue weighted by molar-refractivity contribution is 0.102. The zero-order chi connectivity index (χ0) is 12.1. The Labute approximate surface area is 115 Å². The quantitative estimate of drug-likeness (QED) is 0.615. The summed E-state index contributed by atoms with van der Waals surface area (Å²) in [5, 5.41) is 0. The molecule has 0 atom stereocenters. The van der Waals surface area contributed by atoms with Crippen LogP contribution in [0.15, 0.2) is 42.5 Å². The number of piperidine rings is 1. The molecule has 2 rings (SSSR count). The van der Waals surface area contributed by atoms with Gasteiger partial charge in [-0.3, -0.25) is 9.69 Å². The Morgan fingerprint density at radius 1 is 1.11 bits per heavy atom. The van der Waals surface area contributed by atoms with E-state index in [2.05, 4.69) is 11.5 Å². The van der Waals surface area contributed by atoms with Gasteiger partial charge in [-0.1, -0.05) is 43.3 Å². The van der Waals surface area contributed by atoms with Crippen molar-refractivity contribution < 1.29 is 4.79 Å². The van der Waals surface area contributed by atoms with E-state index < -0.39 is 0 Å². The molecule has 1 aliphatic heterocycles. The third kappa shape index (κ3) is 3.97. The van der Waals surface area contributed by atoms with Crippen LogP contribution in [-0.4, -0.2) is 30.3 Å². The van der Waals surface area contributed by atoms with Crippen LogP contribution < -0.4 is 0 Å². The number of carbonyl (C=O) groups is 1. The van der Waals surface area contributed by atoms with Gasteiger partial charge in [-0.2, -0.15) is 0 Å². The van der Waals surface area contributed by atoms with Crippen LogP contribution in [0.1, 0.15) is 29.6 Å². The largest absolute Gasteiger partial charge is 0.299 e. The van der Waals surface area contributed by atoms with Crippen molar-refractivity contribution in [1.29, 1.82) is 0 Å². The van der Waals surface area contributed by atoms with Gasteiger partial charge in [0.05, 0.1) is 0 Å². The third-order valence-electron chi connectivity index (χ3n) is 3.22. The van der Waals surface area contributed by atoms with Gasteiger partial charge >= 0.3 is 0 Å². The minimum Gasteiger partial charge on any atom is -0.299 e. The molecule has 0 radical (unpaired) electrons. The fraction of sp³-hybridized carbons (Fsp3) is 0.400. The van der Waals surface area contributed by atoms with E-state index in [1.807, 2.05) is 30.3 Å². The molecule has 18 heavy (non-hydrogen) atoms. The molecule has 2 nitrogen and oxygen atoms in total. The molecular formula is C15H20ClNO. The number of Topliss-reactive ketones (excluding diaryl/α,β-unsaturated/α-hetero) is 1. The van der Waals surface area contributed by atoms with Gasteiger partial charge in [-0.15, -0.1) is 12.4 Å². The molecule has 0 aromatic heterocycles. The van der Waals surface area contributed by atoms with Crippen LogP contribution in [0.4, 0.5) is 0 Å². The Bertz CT molecular complexity index is 396. The van der Waals surface area contributed by atoms with Crippen LogP contribution in [0.25, 0.3) is 0 Å². The number of carbonyl (C=O) groups excluding carboxylic acids is 1. The summed E-state index contributed by atoms with van der Waals surface area (Å²) in [4.78, 5) is 14.4. The molecule has 98 valence electrons. The molecule has 1 aromatic rings. The summed E-state index contributed by atoms with van der Waals surface area (Å²) in [7, 11) is 0. The molecule has 3 heteroatoms. The highest BCUT2D eigenvalue weighted by Gasteiger charge is 2.15. The van der Waals surface area contributed by atoms with Gasteiger partial charge in [-0.05, 0) is 25.9 Å². The third-order valence-corrected chi connectivity index (χ3v) is 3.22. The topological polar surface area (TPSA) is 20.3 Å². The molecule has 1 aromatic carbocycles. The lowest BCUT2D eigenvalue weighted by Crippen LogP contribution is -2.32. The first kappa shape index (κ1) is 14.9. The van der Waals surface area contributed by atoms with E-state index in [0.29, 0.717) is 12.1 Å². The highest BCUT2D eigenvalue weighted by molar-refractivity contribution is 6.08. The number of halogens is 1. The Morgan fingerprint density at radius 2 is 1.72 bits per heavy atom. The summed E-state index contributed by atoms with van der Waals surface area (Å²) in [6, 6.07) is 9.40. The van der Waals surface area contributed by atoms with Crippen molar-refractivity contribution in [2.24, 2.45) is 0 Å². The van der Waals surface area contributed by atoms with Gasteiger partial charge in [0.15, 0.2) is 5.78 Å². The van der Waals surface area contributed by atoms with Crippen LogP contribution >= 0.6 is 12.4 Å². The van der Waals surface area contributed by atoms with Crippen molar-refractivity contribution in [3.63, 3.8) is 0 Å². The smallest absolute Gasteiger partial charge is 0.189 e. The highest BCUT2D eigenvalue weighted by Crippen LogP contribution is 2.13. The number of likely N-dealkylation sites (tertiary alicyclic amines) is 1. The number of benzene rings is 1. The van der Waals surface area contributed by atoms with Crippen LogP contribution in [-0.2, 0) is 0 Å². The Balaban J connectivity index is 0.00000162. The van der Waals surface area contributed by atoms with Crippen molar-refractivity contribution in [3.05, 3.63) is 48.0 Å². The van der Waals surface area contributed by atoms with E-state index in [9.17, 15) is 4.79 Å². The Hall–Kier alpha value is -1.12. The van der Waals surface area contributed by atoms with Crippen molar-refractivity contribution in [2.45, 2.75) is 19.3 Å². The van der Waals surface area contributed by atoms with Crippen molar-refractivity contribution in [2.75, 3.05) is 19.6 Å². The molecule has 0 amide bonds. The zero-order valence-corrected chi connectivity index (χ0v) is 11.4. The minimum absolute atomic E-state index is 0. The molecule has 0 spiro atoms. The number of ketones is 1. The number of hydrogen-bond acceptors (Lipinski definition) is 2. The van der Waals surface area contributed by atoms with Gasteiger partial charge in [0, 0.05) is 17.7 Å². The van der Waals surface area contributed by atoms with E-state index in [0.717, 1.165) is 18.7 Å². The van der Waals surface area contributed by atoms with E-state index in [1.165, 1.54) is 19.3 Å². The molecule has 0 unspecified atom stereocenters. The summed E-state index contributed by atoms with van der Waals surface area (Å²) in [5.41, 5.74) is 1.45. The molecule has 1 aliphatic rings. The van der Waals surface area contributed by atoms with Crippen molar-refractivity contribution in [1.82, 2.24) is 4.90 Å². The molecule has 1 saturated heterocycles. The van der Waals surface area contributed by atoms with Gasteiger partial charge < -0.3 is 0 Å². The monoisotopic (exact) mass is 265 g/mol. The van der Waals surface area contributed by atoms with Crippen LogP contribution in [0.5, 0.6) is 0 Å². The van der Waals surface area contributed by atoms with Crippen LogP contribution in [0, 0.1) is 0 Å². The summed E-state index contributed by atoms with van der Waals surface area (Å²) < 4.78 is 0. The average Bonchev–Trinajstić information content (AvgIpc) is 2.40. The van der Waals surface area contributed by atoms with E-state index in [1.54, 1.807) is 0 Å². The van der Waals surface area contributed by atoms with Gasteiger partial charge in [0.1, 0.15) is 0 Å². The SMILES string of the molecule is C=C(CN1CCCCC1)C(=O)c1ccccc1.Cl. The van der Waals surface area contributed by atoms with Gasteiger partial charge in [-0.25, -0.2) is 0 Å². The number of rotatable bonds is 4. The predicted octanol–water partition coefficient (Wildman–Crippen LogP) is 3.33. The maximum absolute atomic E-state index is 12.1. The first-order valence-electron chi connectivity index (χ1n) is 6.27. The minimum atomic E-state index is 0. The summed E-state index contributed by atoms with van der Waals surface area (Å²) in [6.45, 7) is 6.85. The first-order chi connectivity index (χ1) is 8.27. The maximum atomic E-state index is 12.1. The van der Waals surface area contributed by atoms with Gasteiger partial charge in [0.25, 0.3) is 0 Å². The second-order valence-corrected chi connectivity index (χ2v) is 4.64. The molecule has 0 N–H and O–H groups in total. The van der Waals surface area contributed by atoms with E-state index in [4.69, 9.17) is 0 Å². The molecule has 0 aliphatic carbocycles. The molecule has 1 heterocycles. The van der Waals surface area contributed by atoms with Crippen molar-refractivity contribution >= 4 is 18.2 Å². The van der Waals surface area contributed by atoms with Crippen LogP contribution in [0.2, 0.25) is 0 Å². The fourth-order valence-corrected chi connectivity index (χ4v) is 2.25. The Morgan fingerprint density at radius 3 is 2.33 bits per heavy atom. The summed E-state index contributed by atoms with van der Waals surface area (Å²) in [5.74, 6) is 0.0798. The van der Waals surface area contributed by atoms with E-state index >= 15 is 0 Å². The zero-order valence-electron chi connectivity index (χ0n) is 10.6. The normalized spacial score (nSPS) is 15.8. The molecule has 1 fully saturated rings. The second-order valence-electron chi connectivity index (χ2n) is 4.64. The number of hydrogen-bond donors (Lipinski definition) is 0. The molecular weight excluding hydrogens is 246 g/mol. The molecule has 0 bridgehead atoms. The fourth-order valence-electron chi connectivity index (χ4n) is 2.25. The Kier molecular flexibility index (Phi) is 6.10. The lowest BCUT2D eigenvalue weighted by atomic mass is 10.0. The van der Waals surface area contributed by atoms with Crippen molar-refractivity contribution in [3.8, 4) is 0 Å². The van der Waals surface area contributed by atoms with Crippen LogP contribution in [0.3, 0.4) is 0 Å². The summed E-state index contributed by atoms with van der Waals surface area (Å²) in [6.07, 6.45) is 3.80. The second kappa shape index (κ2) is 7.34. The average molecular weight is 266 g/mol. The lowest BCUT2D eigenvalue weighted by Gasteiger charge is -2.26. The maximum Gasteiger partial charge on any atom is 0.189 e. The molecule has 0 saturated carbocycles. The highest BCUT2D eigenvalue weighted by atomic mass is 35.5. The first-order valence-corrected chi connectivity index (χ1v) is 6.27. The predicted molar refractivity (Wildman–Crippen MR) is 77.5 cm³/mol. The summed E-state index contributed by atoms with van der Waals surface area (Å²) >= 11 is 0. The van der Waals surface area contributed by atoms with E-state index in [-0.39, 0.29) is 18.2 Å². The van der Waals surface area contributed by atoms with Gasteiger partial charge in [0.2, 0.25) is 0 Å². The standard InChI is InChI=1S/C15H19NO.ClH/c1-13(12-16-10-6-3-7-11-16)15(17)14-8-4-2-5-9-14;/h2,4-5,8-9H,1,3,6-7,10-12H2;1H.